The molecule has 0 bridgehead atoms. The van der Waals surface area contributed by atoms with Gasteiger partial charge in [-0.3, -0.25) is 4.39 Å². The first kappa shape index (κ1) is 13.4. The van der Waals surface area contributed by atoms with Crippen LogP contribution in [-0.2, 0) is 0 Å². The fourth-order valence-electron chi connectivity index (χ4n) is 4.31. The molecule has 0 aromatic heterocycles. The lowest BCUT2D eigenvalue weighted by Gasteiger charge is -2.41. The van der Waals surface area contributed by atoms with Crippen LogP contribution in [0.2, 0.25) is 0 Å². The number of alkyl halides is 1. The monoisotopic (exact) mass is 240 g/mol. The Balaban J connectivity index is 1.83. The van der Waals surface area contributed by atoms with Crippen LogP contribution in [0.5, 0.6) is 0 Å². The van der Waals surface area contributed by atoms with Gasteiger partial charge in [0, 0.05) is 0 Å². The normalized spacial score (nSPS) is 36.0. The molecule has 2 aliphatic rings. The topological polar surface area (TPSA) is 0 Å². The molecule has 2 fully saturated rings. The predicted molar refractivity (Wildman–Crippen MR) is 71.8 cm³/mol. The van der Waals surface area contributed by atoms with E-state index in [-0.39, 0.29) is 12.1 Å². The maximum Gasteiger partial charge on any atom is 0.0950 e. The van der Waals surface area contributed by atoms with E-state index < -0.39 is 0 Å². The van der Waals surface area contributed by atoms with Gasteiger partial charge in [-0.15, -0.1) is 0 Å². The summed E-state index contributed by atoms with van der Waals surface area (Å²) < 4.78 is 13.3. The van der Waals surface area contributed by atoms with Crippen LogP contribution in [-0.4, -0.2) is 6.67 Å². The Hall–Kier alpha value is -0.0700. The quantitative estimate of drug-likeness (QED) is 0.607. The van der Waals surface area contributed by atoms with Gasteiger partial charge < -0.3 is 0 Å². The number of hydrogen-bond donors (Lipinski definition) is 0. The van der Waals surface area contributed by atoms with Crippen molar-refractivity contribution in [3.63, 3.8) is 0 Å². The zero-order valence-corrected chi connectivity index (χ0v) is 11.5. The van der Waals surface area contributed by atoms with Gasteiger partial charge in [0.25, 0.3) is 0 Å². The van der Waals surface area contributed by atoms with Crippen molar-refractivity contribution >= 4 is 0 Å². The summed E-state index contributed by atoms with van der Waals surface area (Å²) in [6.45, 7) is 2.13. The van der Waals surface area contributed by atoms with Crippen molar-refractivity contribution in [1.29, 1.82) is 0 Å². The third-order valence-electron chi connectivity index (χ3n) is 5.47. The lowest BCUT2D eigenvalue weighted by Crippen LogP contribution is -2.32. The summed E-state index contributed by atoms with van der Waals surface area (Å²) in [4.78, 5) is 0. The predicted octanol–water partition coefficient (Wildman–Crippen LogP) is 5.51. The number of hydrogen-bond acceptors (Lipinski definition) is 0. The number of halogens is 1. The molecule has 0 radical (unpaired) electrons. The Bertz CT molecular complexity index is 210. The molecule has 2 aliphatic carbocycles. The minimum absolute atomic E-state index is 0.0712. The first-order valence-electron chi connectivity index (χ1n) is 7.85. The Morgan fingerprint density at radius 3 is 2.06 bits per heavy atom. The first-order chi connectivity index (χ1) is 8.29. The van der Waals surface area contributed by atoms with Crippen molar-refractivity contribution < 1.29 is 4.39 Å². The van der Waals surface area contributed by atoms with E-state index in [2.05, 4.69) is 6.92 Å². The van der Waals surface area contributed by atoms with Gasteiger partial charge in [-0.05, 0) is 49.4 Å². The summed E-state index contributed by atoms with van der Waals surface area (Å²) in [5, 5.41) is 0. The minimum atomic E-state index is -0.0712. The van der Waals surface area contributed by atoms with Gasteiger partial charge in [0.05, 0.1) is 6.67 Å². The fourth-order valence-corrected chi connectivity index (χ4v) is 4.31. The minimum Gasteiger partial charge on any atom is -0.250 e. The summed E-state index contributed by atoms with van der Waals surface area (Å²) in [5.74, 6) is 1.93. The van der Waals surface area contributed by atoms with Crippen molar-refractivity contribution in [1.82, 2.24) is 0 Å². The van der Waals surface area contributed by atoms with Crippen LogP contribution in [0, 0.1) is 17.3 Å². The molecule has 0 aromatic rings. The summed E-state index contributed by atoms with van der Waals surface area (Å²) in [5.41, 5.74) is 0.0833. The van der Waals surface area contributed by atoms with Gasteiger partial charge in [0.15, 0.2) is 0 Å². The molecule has 2 rings (SSSR count). The van der Waals surface area contributed by atoms with E-state index in [1.165, 1.54) is 57.8 Å². The van der Waals surface area contributed by atoms with E-state index >= 15 is 0 Å². The maximum atomic E-state index is 13.3. The molecule has 0 spiro atoms. The molecular weight excluding hydrogens is 211 g/mol. The van der Waals surface area contributed by atoms with Crippen molar-refractivity contribution in [3.05, 3.63) is 0 Å². The van der Waals surface area contributed by atoms with Crippen LogP contribution in [0.25, 0.3) is 0 Å². The molecular formula is C16H29F. The molecule has 0 aliphatic heterocycles. The average molecular weight is 240 g/mol. The Morgan fingerprint density at radius 1 is 0.941 bits per heavy atom. The SMILES string of the molecule is CCC[C@]1(CF)CC[C@H](C2CCCCC2)CC1. The van der Waals surface area contributed by atoms with Crippen LogP contribution in [0.4, 0.5) is 4.39 Å². The molecule has 0 saturated heterocycles. The number of rotatable bonds is 4. The van der Waals surface area contributed by atoms with Crippen molar-refractivity contribution in [3.8, 4) is 0 Å². The molecule has 0 unspecified atom stereocenters. The molecule has 2 saturated carbocycles. The summed E-state index contributed by atoms with van der Waals surface area (Å²) in [7, 11) is 0. The third-order valence-corrected chi connectivity index (χ3v) is 5.47. The lowest BCUT2D eigenvalue weighted by atomic mass is 9.64. The first-order valence-corrected chi connectivity index (χ1v) is 7.85. The molecule has 0 amide bonds. The zero-order chi connectivity index (χ0) is 12.1. The molecule has 1 heteroatoms. The Kier molecular flexibility index (Phi) is 4.87. The standard InChI is InChI=1S/C16H29F/c1-2-10-16(13-17)11-8-15(9-12-16)14-6-4-3-5-7-14/h14-15H,2-13H2,1H3/t15-,16-. The van der Waals surface area contributed by atoms with Gasteiger partial charge >= 0.3 is 0 Å². The van der Waals surface area contributed by atoms with E-state index in [1.807, 2.05) is 0 Å². The van der Waals surface area contributed by atoms with E-state index in [9.17, 15) is 4.39 Å². The van der Waals surface area contributed by atoms with Crippen LogP contribution >= 0.6 is 0 Å². The highest BCUT2D eigenvalue weighted by Gasteiger charge is 2.37. The maximum absolute atomic E-state index is 13.3. The molecule has 17 heavy (non-hydrogen) atoms. The van der Waals surface area contributed by atoms with Crippen molar-refractivity contribution in [2.24, 2.45) is 17.3 Å². The molecule has 0 heterocycles. The van der Waals surface area contributed by atoms with Crippen LogP contribution in [0.1, 0.15) is 77.6 Å². The van der Waals surface area contributed by atoms with Gasteiger partial charge in [-0.1, -0.05) is 45.4 Å². The molecule has 0 N–H and O–H groups in total. The highest BCUT2D eigenvalue weighted by molar-refractivity contribution is 4.87. The molecule has 0 aromatic carbocycles. The zero-order valence-electron chi connectivity index (χ0n) is 11.5. The smallest absolute Gasteiger partial charge is 0.0950 e. The molecule has 0 atom stereocenters. The fraction of sp³-hybridized carbons (Fsp3) is 1.00. The average Bonchev–Trinajstić information content (AvgIpc) is 2.41. The van der Waals surface area contributed by atoms with Gasteiger partial charge in [0.2, 0.25) is 0 Å². The Morgan fingerprint density at radius 2 is 1.53 bits per heavy atom. The summed E-state index contributed by atoms with van der Waals surface area (Å²) in [6, 6.07) is 0. The second-order valence-corrected chi connectivity index (χ2v) is 6.62. The van der Waals surface area contributed by atoms with E-state index in [4.69, 9.17) is 0 Å². The van der Waals surface area contributed by atoms with Gasteiger partial charge in [0.1, 0.15) is 0 Å². The van der Waals surface area contributed by atoms with Crippen LogP contribution < -0.4 is 0 Å². The second kappa shape index (κ2) is 6.20. The van der Waals surface area contributed by atoms with Crippen LogP contribution in [0.3, 0.4) is 0 Å². The summed E-state index contributed by atoms with van der Waals surface area (Å²) in [6.07, 6.45) is 14.5. The highest BCUT2D eigenvalue weighted by Crippen LogP contribution is 2.47. The highest BCUT2D eigenvalue weighted by atomic mass is 19.1. The lowest BCUT2D eigenvalue weighted by molar-refractivity contribution is 0.0694. The van der Waals surface area contributed by atoms with Crippen molar-refractivity contribution in [2.75, 3.05) is 6.67 Å². The second-order valence-electron chi connectivity index (χ2n) is 6.62. The van der Waals surface area contributed by atoms with Crippen LogP contribution in [0.15, 0.2) is 0 Å². The molecule has 100 valence electrons. The third kappa shape index (κ3) is 3.23. The van der Waals surface area contributed by atoms with Crippen molar-refractivity contribution in [2.45, 2.75) is 77.6 Å². The van der Waals surface area contributed by atoms with E-state index in [1.54, 1.807) is 0 Å². The summed E-state index contributed by atoms with van der Waals surface area (Å²) >= 11 is 0. The van der Waals surface area contributed by atoms with E-state index in [0.717, 1.165) is 24.7 Å². The Labute approximate surface area is 106 Å². The van der Waals surface area contributed by atoms with Gasteiger partial charge in [-0.2, -0.15) is 0 Å². The van der Waals surface area contributed by atoms with Gasteiger partial charge in [-0.25, -0.2) is 0 Å². The largest absolute Gasteiger partial charge is 0.250 e. The molecule has 0 nitrogen and oxygen atoms in total. The van der Waals surface area contributed by atoms with E-state index in [0.29, 0.717) is 0 Å².